The van der Waals surface area contributed by atoms with Crippen LogP contribution in [0.25, 0.3) is 10.8 Å². The molecule has 3 aromatic rings. The van der Waals surface area contributed by atoms with Crippen LogP contribution in [0.5, 0.6) is 0 Å². The molecule has 1 heterocycles. The lowest BCUT2D eigenvalue weighted by molar-refractivity contribution is 0.0598. The molecule has 0 saturated heterocycles. The minimum absolute atomic E-state index is 0.0183. The van der Waals surface area contributed by atoms with E-state index in [2.05, 4.69) is 34.0 Å². The molecular weight excluding hydrogens is 278 g/mol. The molecule has 0 atom stereocenters. The fourth-order valence-electron chi connectivity index (χ4n) is 2.46. The van der Waals surface area contributed by atoms with Crippen LogP contribution < -0.4 is 5.56 Å². The highest BCUT2D eigenvalue weighted by Crippen LogP contribution is 2.17. The lowest BCUT2D eigenvalue weighted by Crippen LogP contribution is -2.19. The van der Waals surface area contributed by atoms with Crippen LogP contribution in [0.3, 0.4) is 0 Å². The maximum Gasteiger partial charge on any atom is 0.343 e. The molecule has 0 aliphatic carbocycles. The Bertz CT molecular complexity index is 896. The second-order valence-corrected chi connectivity index (χ2v) is 5.08. The third kappa shape index (κ3) is 2.76. The van der Waals surface area contributed by atoms with Crippen molar-refractivity contribution in [2.24, 2.45) is 0 Å². The van der Waals surface area contributed by atoms with Crippen molar-refractivity contribution in [3.63, 3.8) is 0 Å². The molecule has 0 saturated carbocycles. The van der Waals surface area contributed by atoms with E-state index in [4.69, 9.17) is 0 Å². The number of ether oxygens (including phenoxy) is 1. The molecule has 0 aliphatic rings. The molecule has 0 bridgehead atoms. The Labute approximate surface area is 127 Å². The molecule has 22 heavy (non-hydrogen) atoms. The number of hydrogen-bond donors (Lipinski definition) is 1. The van der Waals surface area contributed by atoms with E-state index in [1.54, 1.807) is 6.07 Å². The zero-order valence-electron chi connectivity index (χ0n) is 12.1. The van der Waals surface area contributed by atoms with Gasteiger partial charge in [0.15, 0.2) is 0 Å². The van der Waals surface area contributed by atoms with Crippen molar-refractivity contribution in [2.45, 2.75) is 6.42 Å². The summed E-state index contributed by atoms with van der Waals surface area (Å²) in [5.74, 6) is -0.626. The average Bonchev–Trinajstić information content (AvgIpc) is 2.54. The molecule has 3 rings (SSSR count). The van der Waals surface area contributed by atoms with Gasteiger partial charge in [0.2, 0.25) is 0 Å². The average molecular weight is 293 g/mol. The number of esters is 1. The molecule has 0 amide bonds. The van der Waals surface area contributed by atoms with Crippen molar-refractivity contribution in [1.82, 2.24) is 4.98 Å². The number of pyridine rings is 1. The first kappa shape index (κ1) is 14.1. The van der Waals surface area contributed by atoms with Gasteiger partial charge >= 0.3 is 5.97 Å². The summed E-state index contributed by atoms with van der Waals surface area (Å²) >= 11 is 0. The molecule has 1 aromatic heterocycles. The van der Waals surface area contributed by atoms with Crippen LogP contribution >= 0.6 is 0 Å². The highest BCUT2D eigenvalue weighted by atomic mass is 16.5. The second-order valence-electron chi connectivity index (χ2n) is 5.08. The smallest absolute Gasteiger partial charge is 0.343 e. The highest BCUT2D eigenvalue weighted by molar-refractivity contribution is 5.88. The summed E-state index contributed by atoms with van der Waals surface area (Å²) in [7, 11) is 1.25. The van der Waals surface area contributed by atoms with Crippen LogP contribution in [-0.4, -0.2) is 18.1 Å². The monoisotopic (exact) mass is 293 g/mol. The molecule has 0 spiro atoms. The number of carbonyl (C=O) groups is 1. The van der Waals surface area contributed by atoms with Crippen molar-refractivity contribution < 1.29 is 9.53 Å². The summed E-state index contributed by atoms with van der Waals surface area (Å²) in [6.07, 6.45) is 0.599. The van der Waals surface area contributed by atoms with Crippen LogP contribution in [0.1, 0.15) is 21.6 Å². The van der Waals surface area contributed by atoms with Crippen LogP contribution in [0.15, 0.2) is 59.4 Å². The Hall–Kier alpha value is -2.88. The molecule has 1 N–H and O–H groups in total. The van der Waals surface area contributed by atoms with Gasteiger partial charge in [-0.3, -0.25) is 4.79 Å². The number of aromatic amines is 1. The summed E-state index contributed by atoms with van der Waals surface area (Å²) < 4.78 is 4.56. The molecular formula is C18H15NO3. The normalized spacial score (nSPS) is 10.6. The minimum atomic E-state index is -0.626. The number of H-pyrrole nitrogens is 1. The maximum atomic E-state index is 11.9. The summed E-state index contributed by atoms with van der Waals surface area (Å²) in [5.41, 5.74) is 1.45. The fraction of sp³-hybridized carbons (Fsp3) is 0.111. The number of aromatic nitrogens is 1. The summed E-state index contributed by atoms with van der Waals surface area (Å²) in [6, 6.07) is 17.6. The van der Waals surface area contributed by atoms with Gasteiger partial charge in [-0.2, -0.15) is 0 Å². The SMILES string of the molecule is COC(=O)c1ccc(Cc2ccc3ccccc3c2)[nH]c1=O. The zero-order chi connectivity index (χ0) is 15.5. The summed E-state index contributed by atoms with van der Waals surface area (Å²) in [4.78, 5) is 26.0. The van der Waals surface area contributed by atoms with Crippen LogP contribution in [-0.2, 0) is 11.2 Å². The van der Waals surface area contributed by atoms with E-state index in [-0.39, 0.29) is 5.56 Å². The number of rotatable bonds is 3. The number of methoxy groups -OCH3 is 1. The van der Waals surface area contributed by atoms with Gasteiger partial charge in [0.1, 0.15) is 5.56 Å². The molecule has 2 aromatic carbocycles. The zero-order valence-corrected chi connectivity index (χ0v) is 12.1. The molecule has 4 nitrogen and oxygen atoms in total. The largest absolute Gasteiger partial charge is 0.465 e. The lowest BCUT2D eigenvalue weighted by atomic mass is 10.0. The van der Waals surface area contributed by atoms with Crippen molar-refractivity contribution in [3.05, 3.63) is 81.8 Å². The Balaban J connectivity index is 1.90. The Kier molecular flexibility index (Phi) is 3.74. The Morgan fingerprint density at radius 3 is 2.55 bits per heavy atom. The van der Waals surface area contributed by atoms with Crippen molar-refractivity contribution in [3.8, 4) is 0 Å². The van der Waals surface area contributed by atoms with E-state index in [9.17, 15) is 9.59 Å². The predicted molar refractivity (Wildman–Crippen MR) is 85.2 cm³/mol. The maximum absolute atomic E-state index is 11.9. The van der Waals surface area contributed by atoms with E-state index < -0.39 is 11.5 Å². The van der Waals surface area contributed by atoms with Crippen LogP contribution in [0, 0.1) is 0 Å². The van der Waals surface area contributed by atoms with Gasteiger partial charge in [-0.1, -0.05) is 42.5 Å². The standard InChI is InChI=1S/C18H15NO3/c1-22-18(21)16-9-8-15(19-17(16)20)11-12-6-7-13-4-2-3-5-14(13)10-12/h2-10H,11H2,1H3,(H,19,20). The van der Waals surface area contributed by atoms with Gasteiger partial charge in [-0.05, 0) is 28.5 Å². The first-order valence-electron chi connectivity index (χ1n) is 6.95. The van der Waals surface area contributed by atoms with Crippen LogP contribution in [0.4, 0.5) is 0 Å². The van der Waals surface area contributed by atoms with Gasteiger partial charge in [0, 0.05) is 12.1 Å². The van der Waals surface area contributed by atoms with E-state index in [0.717, 1.165) is 16.6 Å². The van der Waals surface area contributed by atoms with Gasteiger partial charge in [-0.25, -0.2) is 4.79 Å². The van der Waals surface area contributed by atoms with Gasteiger partial charge in [-0.15, -0.1) is 0 Å². The molecule has 0 fully saturated rings. The van der Waals surface area contributed by atoms with Gasteiger partial charge in [0.25, 0.3) is 5.56 Å². The first-order chi connectivity index (χ1) is 10.7. The van der Waals surface area contributed by atoms with Crippen LogP contribution in [0.2, 0.25) is 0 Å². The van der Waals surface area contributed by atoms with E-state index in [0.29, 0.717) is 6.42 Å². The third-order valence-corrected chi connectivity index (χ3v) is 3.58. The summed E-state index contributed by atoms with van der Waals surface area (Å²) in [5, 5.41) is 2.34. The Morgan fingerprint density at radius 2 is 1.82 bits per heavy atom. The van der Waals surface area contributed by atoms with E-state index >= 15 is 0 Å². The summed E-state index contributed by atoms with van der Waals surface area (Å²) in [6.45, 7) is 0. The second kappa shape index (κ2) is 5.85. The first-order valence-corrected chi connectivity index (χ1v) is 6.95. The molecule has 0 radical (unpaired) electrons. The number of nitrogens with one attached hydrogen (secondary N) is 1. The van der Waals surface area contributed by atoms with Crippen molar-refractivity contribution >= 4 is 16.7 Å². The van der Waals surface area contributed by atoms with Crippen molar-refractivity contribution in [2.75, 3.05) is 7.11 Å². The number of hydrogen-bond acceptors (Lipinski definition) is 3. The van der Waals surface area contributed by atoms with Gasteiger partial charge in [0.05, 0.1) is 7.11 Å². The number of benzene rings is 2. The lowest BCUT2D eigenvalue weighted by Gasteiger charge is -2.05. The topological polar surface area (TPSA) is 59.2 Å². The molecule has 0 aliphatic heterocycles. The fourth-order valence-corrected chi connectivity index (χ4v) is 2.46. The quantitative estimate of drug-likeness (QED) is 0.755. The van der Waals surface area contributed by atoms with E-state index in [1.165, 1.54) is 18.6 Å². The third-order valence-electron chi connectivity index (χ3n) is 3.58. The molecule has 0 unspecified atom stereocenters. The van der Waals surface area contributed by atoms with E-state index in [1.807, 2.05) is 18.2 Å². The van der Waals surface area contributed by atoms with Crippen molar-refractivity contribution in [1.29, 1.82) is 0 Å². The minimum Gasteiger partial charge on any atom is -0.465 e. The number of carbonyl (C=O) groups excluding carboxylic acids is 1. The predicted octanol–water partition coefficient (Wildman–Crippen LogP) is 2.91. The molecule has 4 heteroatoms. The highest BCUT2D eigenvalue weighted by Gasteiger charge is 2.10. The van der Waals surface area contributed by atoms with Gasteiger partial charge < -0.3 is 9.72 Å². The molecule has 110 valence electrons. The number of fused-ring (bicyclic) bond motifs is 1. The Morgan fingerprint density at radius 1 is 1.05 bits per heavy atom.